The molecule has 1 saturated carbocycles. The Morgan fingerprint density at radius 3 is 2.38 bits per heavy atom. The van der Waals surface area contributed by atoms with Crippen LogP contribution in [0.15, 0.2) is 0 Å². The van der Waals surface area contributed by atoms with E-state index in [-0.39, 0.29) is 5.54 Å². The summed E-state index contributed by atoms with van der Waals surface area (Å²) in [5, 5.41) is 0. The molecule has 0 aromatic heterocycles. The van der Waals surface area contributed by atoms with Crippen molar-refractivity contribution in [2.24, 2.45) is 5.73 Å². The van der Waals surface area contributed by atoms with Crippen LogP contribution in [0.4, 0.5) is 0 Å². The second-order valence-electron chi connectivity index (χ2n) is 3.44. The minimum Gasteiger partial charge on any atom is -0.329 e. The Morgan fingerprint density at radius 2 is 2.08 bits per heavy atom. The Hall–Kier alpha value is -0.170. The average molecular weight is 207 g/mol. The molecule has 1 aliphatic rings. The molecule has 0 aromatic carbocycles. The fourth-order valence-corrected chi connectivity index (χ4v) is 2.77. The van der Waals surface area contributed by atoms with Gasteiger partial charge >= 0.3 is 0 Å². The van der Waals surface area contributed by atoms with E-state index in [1.54, 1.807) is 6.92 Å². The van der Waals surface area contributed by atoms with Gasteiger partial charge in [-0.3, -0.25) is 0 Å². The van der Waals surface area contributed by atoms with Crippen LogP contribution in [-0.4, -0.2) is 27.0 Å². The smallest absolute Gasteiger partial charge is 0.277 e. The first-order valence-corrected chi connectivity index (χ1v) is 6.00. The van der Waals surface area contributed by atoms with Gasteiger partial charge in [-0.2, -0.15) is 13.1 Å². The van der Waals surface area contributed by atoms with Gasteiger partial charge in [0.1, 0.15) is 0 Å². The Kier molecular flexibility index (Phi) is 3.28. The molecule has 5 nitrogen and oxygen atoms in total. The van der Waals surface area contributed by atoms with Crippen molar-refractivity contribution in [1.82, 2.24) is 9.44 Å². The summed E-state index contributed by atoms with van der Waals surface area (Å²) < 4.78 is 27.6. The maximum atomic E-state index is 11.3. The van der Waals surface area contributed by atoms with Gasteiger partial charge in [0.15, 0.2) is 0 Å². The molecule has 0 aliphatic heterocycles. The lowest BCUT2D eigenvalue weighted by Gasteiger charge is -2.40. The molecular formula is C7H17N3O2S. The zero-order chi connectivity index (χ0) is 9.95. The van der Waals surface area contributed by atoms with Crippen molar-refractivity contribution in [3.63, 3.8) is 0 Å². The van der Waals surface area contributed by atoms with Crippen molar-refractivity contribution in [1.29, 1.82) is 0 Å². The summed E-state index contributed by atoms with van der Waals surface area (Å²) in [5.74, 6) is 0. The fourth-order valence-electron chi connectivity index (χ4n) is 1.46. The molecule has 1 aliphatic carbocycles. The molecule has 1 rings (SSSR count). The summed E-state index contributed by atoms with van der Waals surface area (Å²) in [6.07, 6.45) is 2.73. The van der Waals surface area contributed by atoms with Crippen LogP contribution in [-0.2, 0) is 10.2 Å². The van der Waals surface area contributed by atoms with Gasteiger partial charge < -0.3 is 5.73 Å². The van der Waals surface area contributed by atoms with E-state index < -0.39 is 10.2 Å². The lowest BCUT2D eigenvalue weighted by Crippen LogP contribution is -2.60. The van der Waals surface area contributed by atoms with Gasteiger partial charge in [-0.05, 0) is 19.3 Å². The van der Waals surface area contributed by atoms with Crippen molar-refractivity contribution in [3.05, 3.63) is 0 Å². The summed E-state index contributed by atoms with van der Waals surface area (Å²) in [6.45, 7) is 2.52. The first kappa shape index (κ1) is 10.9. The van der Waals surface area contributed by atoms with Crippen LogP contribution in [0.3, 0.4) is 0 Å². The third-order valence-corrected chi connectivity index (χ3v) is 3.76. The van der Waals surface area contributed by atoms with Crippen molar-refractivity contribution in [3.8, 4) is 0 Å². The van der Waals surface area contributed by atoms with Crippen molar-refractivity contribution >= 4 is 10.2 Å². The van der Waals surface area contributed by atoms with Crippen LogP contribution in [0.25, 0.3) is 0 Å². The van der Waals surface area contributed by atoms with Gasteiger partial charge in [0.25, 0.3) is 10.2 Å². The maximum absolute atomic E-state index is 11.3. The van der Waals surface area contributed by atoms with Crippen LogP contribution in [0.1, 0.15) is 26.2 Å². The first-order valence-electron chi connectivity index (χ1n) is 4.52. The summed E-state index contributed by atoms with van der Waals surface area (Å²) in [5.41, 5.74) is 5.14. The Labute approximate surface area is 79.3 Å². The Balaban J connectivity index is 2.56. The summed E-state index contributed by atoms with van der Waals surface area (Å²) in [4.78, 5) is 0. The van der Waals surface area contributed by atoms with E-state index in [1.807, 2.05) is 0 Å². The Bertz CT molecular complexity index is 253. The fraction of sp³-hybridized carbons (Fsp3) is 1.00. The Morgan fingerprint density at radius 1 is 1.46 bits per heavy atom. The third kappa shape index (κ3) is 2.63. The van der Waals surface area contributed by atoms with Crippen LogP contribution in [0.2, 0.25) is 0 Å². The van der Waals surface area contributed by atoms with Crippen molar-refractivity contribution in [2.75, 3.05) is 13.1 Å². The number of hydrogen-bond donors (Lipinski definition) is 3. The summed E-state index contributed by atoms with van der Waals surface area (Å²) in [7, 11) is -3.34. The third-order valence-electron chi connectivity index (χ3n) is 2.39. The number of nitrogens with one attached hydrogen (secondary N) is 2. The van der Waals surface area contributed by atoms with Gasteiger partial charge in [0.2, 0.25) is 0 Å². The van der Waals surface area contributed by atoms with E-state index >= 15 is 0 Å². The molecule has 1 fully saturated rings. The highest BCUT2D eigenvalue weighted by Crippen LogP contribution is 2.30. The standard InChI is InChI=1S/C7H17N3O2S/c1-2-9-13(11,12)10-7(6-8)4-3-5-7/h9-10H,2-6,8H2,1H3. The second-order valence-corrected chi connectivity index (χ2v) is 4.94. The minimum absolute atomic E-state index is 0.373. The largest absolute Gasteiger partial charge is 0.329 e. The monoisotopic (exact) mass is 207 g/mol. The molecule has 0 bridgehead atoms. The van der Waals surface area contributed by atoms with Gasteiger partial charge in [0, 0.05) is 18.6 Å². The lowest BCUT2D eigenvalue weighted by atomic mass is 9.78. The molecule has 0 spiro atoms. The zero-order valence-corrected chi connectivity index (χ0v) is 8.65. The second kappa shape index (κ2) is 3.91. The van der Waals surface area contributed by atoms with E-state index in [0.717, 1.165) is 19.3 Å². The maximum Gasteiger partial charge on any atom is 0.277 e. The SMILES string of the molecule is CCNS(=O)(=O)NC1(CN)CCC1. The highest BCUT2D eigenvalue weighted by atomic mass is 32.2. The molecular weight excluding hydrogens is 190 g/mol. The predicted octanol–water partition coefficient (Wildman–Crippen LogP) is -0.688. The molecule has 4 N–H and O–H groups in total. The van der Waals surface area contributed by atoms with Gasteiger partial charge in [0.05, 0.1) is 0 Å². The van der Waals surface area contributed by atoms with Crippen LogP contribution in [0, 0.1) is 0 Å². The molecule has 0 saturated heterocycles. The molecule has 0 aromatic rings. The normalized spacial score (nSPS) is 21.1. The predicted molar refractivity (Wildman–Crippen MR) is 51.4 cm³/mol. The van der Waals surface area contributed by atoms with Gasteiger partial charge in [-0.1, -0.05) is 6.92 Å². The molecule has 0 amide bonds. The van der Waals surface area contributed by atoms with E-state index in [2.05, 4.69) is 9.44 Å². The molecule has 0 heterocycles. The van der Waals surface area contributed by atoms with Crippen molar-refractivity contribution < 1.29 is 8.42 Å². The van der Waals surface area contributed by atoms with E-state index in [9.17, 15) is 8.42 Å². The molecule has 78 valence electrons. The number of nitrogens with two attached hydrogens (primary N) is 1. The minimum atomic E-state index is -3.34. The molecule has 6 heteroatoms. The summed E-state index contributed by atoms with van der Waals surface area (Å²) >= 11 is 0. The van der Waals surface area contributed by atoms with Gasteiger partial charge in [-0.15, -0.1) is 0 Å². The average Bonchev–Trinajstić information content (AvgIpc) is 1.97. The van der Waals surface area contributed by atoms with E-state index in [1.165, 1.54) is 0 Å². The lowest BCUT2D eigenvalue weighted by molar-refractivity contribution is 0.230. The quantitative estimate of drug-likeness (QED) is 0.558. The van der Waals surface area contributed by atoms with E-state index in [4.69, 9.17) is 5.73 Å². The van der Waals surface area contributed by atoms with Crippen LogP contribution in [0.5, 0.6) is 0 Å². The topological polar surface area (TPSA) is 84.2 Å². The molecule has 0 radical (unpaired) electrons. The highest BCUT2D eigenvalue weighted by Gasteiger charge is 2.38. The molecule has 0 unspecified atom stereocenters. The van der Waals surface area contributed by atoms with E-state index in [0.29, 0.717) is 13.1 Å². The molecule has 0 atom stereocenters. The number of rotatable bonds is 5. The van der Waals surface area contributed by atoms with Crippen LogP contribution >= 0.6 is 0 Å². The first-order chi connectivity index (χ1) is 6.04. The highest BCUT2D eigenvalue weighted by molar-refractivity contribution is 7.87. The zero-order valence-electron chi connectivity index (χ0n) is 7.84. The van der Waals surface area contributed by atoms with Crippen LogP contribution < -0.4 is 15.2 Å². The molecule has 13 heavy (non-hydrogen) atoms. The van der Waals surface area contributed by atoms with Gasteiger partial charge in [-0.25, -0.2) is 4.72 Å². The number of hydrogen-bond acceptors (Lipinski definition) is 3. The van der Waals surface area contributed by atoms with Crippen molar-refractivity contribution in [2.45, 2.75) is 31.7 Å². The summed E-state index contributed by atoms with van der Waals surface area (Å²) in [6, 6.07) is 0.